The second kappa shape index (κ2) is 6.13. The first kappa shape index (κ1) is 13.4. The molecular weight excluding hydrogens is 244 g/mol. The maximum atomic E-state index is 8.81. The summed E-state index contributed by atoms with van der Waals surface area (Å²) in [6, 6.07) is 5.33. The van der Waals surface area contributed by atoms with Crippen LogP contribution in [0.4, 0.5) is 0 Å². The quantitative estimate of drug-likeness (QED) is 0.432. The normalized spacial score (nSPS) is 12.4. The molecule has 3 nitrogen and oxygen atoms in total. The van der Waals surface area contributed by atoms with Gasteiger partial charge in [0.2, 0.25) is 0 Å². The predicted octanol–water partition coefficient (Wildman–Crippen LogP) is 2.49. The minimum atomic E-state index is 0.0156. The summed E-state index contributed by atoms with van der Waals surface area (Å²) in [5.41, 5.74) is 6.00. The zero-order valence-electron chi connectivity index (χ0n) is 9.03. The summed E-state index contributed by atoms with van der Waals surface area (Å²) < 4.78 is 0. The molecule has 0 heterocycles. The highest BCUT2D eigenvalue weighted by molar-refractivity contribution is 8.00. The van der Waals surface area contributed by atoms with Gasteiger partial charge in [-0.2, -0.15) is 0 Å². The number of nitrogens with one attached hydrogen (secondary N) is 1. The Kier molecular flexibility index (Phi) is 5.12. The number of thioether (sulfide) groups is 1. The Bertz CT molecular complexity index is 384. The standard InChI is InChI=1S/C11H15ClN2OS/c1-7(4-5-15)16-10-3-2-8(11(13)14)6-9(10)12/h2-3,6-7,15H,4-5H2,1H3,(H3,13,14). The number of hydrogen-bond donors (Lipinski definition) is 3. The topological polar surface area (TPSA) is 70.1 Å². The van der Waals surface area contributed by atoms with Crippen LogP contribution >= 0.6 is 23.4 Å². The van der Waals surface area contributed by atoms with Gasteiger partial charge in [-0.15, -0.1) is 11.8 Å². The number of nitrogens with two attached hydrogens (primary N) is 1. The number of aliphatic hydroxyl groups excluding tert-OH is 1. The fraction of sp³-hybridized carbons (Fsp3) is 0.364. The smallest absolute Gasteiger partial charge is 0.122 e. The first-order valence-corrected chi connectivity index (χ1v) is 6.21. The highest BCUT2D eigenvalue weighted by atomic mass is 35.5. The van der Waals surface area contributed by atoms with Crippen LogP contribution in [0.5, 0.6) is 0 Å². The highest BCUT2D eigenvalue weighted by Gasteiger charge is 2.08. The van der Waals surface area contributed by atoms with Crippen LogP contribution in [0.25, 0.3) is 0 Å². The van der Waals surface area contributed by atoms with Gasteiger partial charge >= 0.3 is 0 Å². The molecule has 1 rings (SSSR count). The molecule has 0 aliphatic heterocycles. The van der Waals surface area contributed by atoms with Crippen LogP contribution in [-0.4, -0.2) is 22.8 Å². The number of rotatable bonds is 5. The molecule has 0 saturated heterocycles. The van der Waals surface area contributed by atoms with E-state index in [1.54, 1.807) is 23.9 Å². The number of halogens is 1. The van der Waals surface area contributed by atoms with Crippen molar-refractivity contribution in [1.82, 2.24) is 0 Å². The Balaban J connectivity index is 2.79. The second-order valence-electron chi connectivity index (χ2n) is 3.50. The lowest BCUT2D eigenvalue weighted by Gasteiger charge is -2.11. The third kappa shape index (κ3) is 3.70. The average Bonchev–Trinajstić information content (AvgIpc) is 2.21. The van der Waals surface area contributed by atoms with Gasteiger partial charge in [-0.25, -0.2) is 0 Å². The minimum absolute atomic E-state index is 0.0156. The molecule has 0 saturated carbocycles. The van der Waals surface area contributed by atoms with Crippen molar-refractivity contribution >= 4 is 29.2 Å². The van der Waals surface area contributed by atoms with Crippen molar-refractivity contribution < 1.29 is 5.11 Å². The van der Waals surface area contributed by atoms with Crippen molar-refractivity contribution in [3.05, 3.63) is 28.8 Å². The lowest BCUT2D eigenvalue weighted by atomic mass is 10.2. The monoisotopic (exact) mass is 258 g/mol. The van der Waals surface area contributed by atoms with Gasteiger partial charge in [0.15, 0.2) is 0 Å². The molecular formula is C11H15ClN2OS. The molecule has 1 unspecified atom stereocenters. The summed E-state index contributed by atoms with van der Waals surface area (Å²) in [5.74, 6) is 0.0156. The van der Waals surface area contributed by atoms with Gasteiger partial charge in [0.05, 0.1) is 5.02 Å². The second-order valence-corrected chi connectivity index (χ2v) is 5.39. The van der Waals surface area contributed by atoms with Crippen LogP contribution in [0.3, 0.4) is 0 Å². The zero-order valence-corrected chi connectivity index (χ0v) is 10.6. The summed E-state index contributed by atoms with van der Waals surface area (Å²) in [7, 11) is 0. The summed E-state index contributed by atoms with van der Waals surface area (Å²) in [6.45, 7) is 2.22. The van der Waals surface area contributed by atoms with E-state index >= 15 is 0 Å². The van der Waals surface area contributed by atoms with E-state index in [4.69, 9.17) is 27.9 Å². The van der Waals surface area contributed by atoms with Gasteiger partial charge in [-0.05, 0) is 18.6 Å². The fourth-order valence-corrected chi connectivity index (χ4v) is 2.51. The van der Waals surface area contributed by atoms with Crippen molar-refractivity contribution in [2.24, 2.45) is 5.73 Å². The van der Waals surface area contributed by atoms with Crippen molar-refractivity contribution in [1.29, 1.82) is 5.41 Å². The van der Waals surface area contributed by atoms with E-state index < -0.39 is 0 Å². The number of benzene rings is 1. The van der Waals surface area contributed by atoms with Crippen molar-refractivity contribution in [2.45, 2.75) is 23.5 Å². The first-order chi connectivity index (χ1) is 7.54. The SMILES string of the molecule is CC(CCO)Sc1ccc(C(=N)N)cc1Cl. The van der Waals surface area contributed by atoms with E-state index in [-0.39, 0.29) is 12.4 Å². The Labute approximate surface area is 105 Å². The van der Waals surface area contributed by atoms with Crippen molar-refractivity contribution in [3.8, 4) is 0 Å². The Morgan fingerprint density at radius 1 is 1.62 bits per heavy atom. The van der Waals surface area contributed by atoms with E-state index in [0.717, 1.165) is 11.3 Å². The maximum absolute atomic E-state index is 8.81. The molecule has 88 valence electrons. The Morgan fingerprint density at radius 2 is 2.31 bits per heavy atom. The molecule has 5 heteroatoms. The van der Waals surface area contributed by atoms with Gasteiger partial charge in [-0.3, -0.25) is 5.41 Å². The molecule has 0 bridgehead atoms. The summed E-state index contributed by atoms with van der Waals surface area (Å²) >= 11 is 7.69. The van der Waals surface area contributed by atoms with Gasteiger partial charge in [0.1, 0.15) is 5.84 Å². The number of amidine groups is 1. The third-order valence-corrected chi connectivity index (χ3v) is 3.78. The summed E-state index contributed by atoms with van der Waals surface area (Å²) in [6.07, 6.45) is 0.732. The maximum Gasteiger partial charge on any atom is 0.122 e. The fourth-order valence-electron chi connectivity index (χ4n) is 1.22. The minimum Gasteiger partial charge on any atom is -0.396 e. The molecule has 0 fully saturated rings. The molecule has 0 amide bonds. The van der Waals surface area contributed by atoms with Gasteiger partial charge in [0, 0.05) is 22.3 Å². The molecule has 1 aromatic carbocycles. The van der Waals surface area contributed by atoms with Gasteiger partial charge in [0.25, 0.3) is 0 Å². The van der Waals surface area contributed by atoms with Crippen molar-refractivity contribution in [3.63, 3.8) is 0 Å². The van der Waals surface area contributed by atoms with Crippen molar-refractivity contribution in [2.75, 3.05) is 6.61 Å². The molecule has 0 aliphatic carbocycles. The Morgan fingerprint density at radius 3 is 2.81 bits per heavy atom. The lowest BCUT2D eigenvalue weighted by Crippen LogP contribution is -2.10. The van der Waals surface area contributed by atoms with Crippen LogP contribution in [0.1, 0.15) is 18.9 Å². The van der Waals surface area contributed by atoms with E-state index in [1.165, 1.54) is 0 Å². The number of hydrogen-bond acceptors (Lipinski definition) is 3. The van der Waals surface area contributed by atoms with E-state index in [1.807, 2.05) is 13.0 Å². The predicted molar refractivity (Wildman–Crippen MR) is 69.5 cm³/mol. The van der Waals surface area contributed by atoms with E-state index in [0.29, 0.717) is 15.8 Å². The van der Waals surface area contributed by atoms with Crippen LogP contribution in [-0.2, 0) is 0 Å². The highest BCUT2D eigenvalue weighted by Crippen LogP contribution is 2.31. The molecule has 0 aliphatic rings. The lowest BCUT2D eigenvalue weighted by molar-refractivity contribution is 0.289. The van der Waals surface area contributed by atoms with Crippen LogP contribution in [0.2, 0.25) is 5.02 Å². The van der Waals surface area contributed by atoms with E-state index in [9.17, 15) is 0 Å². The number of aliphatic hydroxyl groups is 1. The Hall–Kier alpha value is -0.710. The van der Waals surface area contributed by atoms with Crippen LogP contribution in [0.15, 0.2) is 23.1 Å². The number of nitrogen functional groups attached to an aromatic ring is 1. The van der Waals surface area contributed by atoms with Crippen LogP contribution < -0.4 is 5.73 Å². The average molecular weight is 259 g/mol. The van der Waals surface area contributed by atoms with Gasteiger partial charge in [-0.1, -0.05) is 24.6 Å². The summed E-state index contributed by atoms with van der Waals surface area (Å²) in [5, 5.41) is 17.0. The molecule has 16 heavy (non-hydrogen) atoms. The summed E-state index contributed by atoms with van der Waals surface area (Å²) in [4.78, 5) is 0.951. The first-order valence-electron chi connectivity index (χ1n) is 4.96. The molecule has 0 spiro atoms. The molecule has 4 N–H and O–H groups in total. The van der Waals surface area contributed by atoms with Gasteiger partial charge < -0.3 is 10.8 Å². The third-order valence-electron chi connectivity index (χ3n) is 2.11. The molecule has 0 aromatic heterocycles. The van der Waals surface area contributed by atoms with Crippen LogP contribution in [0, 0.1) is 5.41 Å². The molecule has 1 aromatic rings. The van der Waals surface area contributed by atoms with E-state index in [2.05, 4.69) is 0 Å². The largest absolute Gasteiger partial charge is 0.396 e. The molecule has 0 radical (unpaired) electrons. The zero-order chi connectivity index (χ0) is 12.1. The molecule has 1 atom stereocenters.